The van der Waals surface area contributed by atoms with Gasteiger partial charge in [-0.15, -0.1) is 0 Å². The van der Waals surface area contributed by atoms with E-state index < -0.39 is 23.5 Å². The Labute approximate surface area is 112 Å². The zero-order valence-corrected chi connectivity index (χ0v) is 10.5. The van der Waals surface area contributed by atoms with E-state index in [0.29, 0.717) is 11.6 Å². The highest BCUT2D eigenvalue weighted by molar-refractivity contribution is 5.85. The van der Waals surface area contributed by atoms with E-state index in [9.17, 15) is 18.0 Å². The Balaban J connectivity index is 2.37. The summed E-state index contributed by atoms with van der Waals surface area (Å²) in [6.45, 7) is 1.85. The van der Waals surface area contributed by atoms with Crippen LogP contribution in [0.5, 0.6) is 0 Å². The van der Waals surface area contributed by atoms with E-state index in [1.807, 2.05) is 6.92 Å². The third-order valence-corrected chi connectivity index (χ3v) is 2.74. The van der Waals surface area contributed by atoms with E-state index in [1.54, 1.807) is 24.3 Å². The summed E-state index contributed by atoms with van der Waals surface area (Å²) in [6.07, 6.45) is -4.66. The molecule has 0 aliphatic carbocycles. The fourth-order valence-corrected chi connectivity index (χ4v) is 1.71. The highest BCUT2D eigenvalue weighted by atomic mass is 19.4. The summed E-state index contributed by atoms with van der Waals surface area (Å²) in [5.41, 5.74) is -0.0153. The van der Waals surface area contributed by atoms with E-state index in [4.69, 9.17) is 5.11 Å². The van der Waals surface area contributed by atoms with Gasteiger partial charge in [0, 0.05) is 6.07 Å². The maximum atomic E-state index is 12.6. The monoisotopic (exact) mass is 284 g/mol. The minimum Gasteiger partial charge on any atom is -0.477 e. The fraction of sp³-hybridized carbons (Fsp3) is 0.231. The van der Waals surface area contributed by atoms with Gasteiger partial charge in [0.1, 0.15) is 5.69 Å². The van der Waals surface area contributed by atoms with E-state index in [0.717, 1.165) is 10.2 Å². The van der Waals surface area contributed by atoms with Crippen LogP contribution in [-0.4, -0.2) is 20.9 Å². The summed E-state index contributed by atoms with van der Waals surface area (Å²) < 4.78 is 38.5. The van der Waals surface area contributed by atoms with Gasteiger partial charge in [-0.05, 0) is 12.5 Å². The van der Waals surface area contributed by atoms with Gasteiger partial charge in [0.2, 0.25) is 0 Å². The maximum Gasteiger partial charge on any atom is 0.435 e. The predicted molar refractivity (Wildman–Crippen MR) is 64.5 cm³/mol. The number of aromatic nitrogens is 2. The highest BCUT2D eigenvalue weighted by Gasteiger charge is 2.35. The average molecular weight is 284 g/mol. The maximum absolute atomic E-state index is 12.6. The smallest absolute Gasteiger partial charge is 0.435 e. The lowest BCUT2D eigenvalue weighted by Gasteiger charge is -2.05. The molecule has 1 N–H and O–H groups in total. The molecule has 0 fully saturated rings. The Morgan fingerprint density at radius 3 is 2.40 bits per heavy atom. The van der Waals surface area contributed by atoms with Gasteiger partial charge >= 0.3 is 12.1 Å². The molecule has 2 rings (SSSR count). The number of aryl methyl sites for hydroxylation is 1. The summed E-state index contributed by atoms with van der Waals surface area (Å²) >= 11 is 0. The van der Waals surface area contributed by atoms with Gasteiger partial charge < -0.3 is 5.11 Å². The van der Waals surface area contributed by atoms with Crippen molar-refractivity contribution in [1.29, 1.82) is 0 Å². The number of benzene rings is 1. The van der Waals surface area contributed by atoms with Crippen LogP contribution < -0.4 is 0 Å². The molecule has 7 heteroatoms. The summed E-state index contributed by atoms with van der Waals surface area (Å²) in [5.74, 6) is -1.44. The van der Waals surface area contributed by atoms with Crippen LogP contribution in [0.1, 0.15) is 27.3 Å². The Hall–Kier alpha value is -2.31. The van der Waals surface area contributed by atoms with Crippen molar-refractivity contribution in [2.75, 3.05) is 0 Å². The molecule has 0 amide bonds. The number of carboxylic acids is 1. The molecule has 0 unspecified atom stereocenters. The van der Waals surface area contributed by atoms with Crippen molar-refractivity contribution in [2.24, 2.45) is 0 Å². The standard InChI is InChI=1S/C13H11F3N2O2/c1-8-2-4-9(5-3-8)7-18-10(12(19)20)6-11(17-18)13(14,15)16/h2-6H,7H2,1H3,(H,19,20). The summed E-state index contributed by atoms with van der Waals surface area (Å²) in [4.78, 5) is 11.0. The molecule has 2 aromatic rings. The van der Waals surface area contributed by atoms with Crippen LogP contribution in [0.3, 0.4) is 0 Å². The first kappa shape index (κ1) is 14.1. The zero-order chi connectivity index (χ0) is 14.9. The Bertz CT molecular complexity index is 630. The van der Waals surface area contributed by atoms with Crippen LogP contribution in [0.15, 0.2) is 30.3 Å². The number of hydrogen-bond acceptors (Lipinski definition) is 2. The molecule has 0 aliphatic rings. The third kappa shape index (κ3) is 2.98. The number of carbonyl (C=O) groups is 1. The third-order valence-electron chi connectivity index (χ3n) is 2.74. The fourth-order valence-electron chi connectivity index (χ4n) is 1.71. The van der Waals surface area contributed by atoms with Crippen LogP contribution in [0, 0.1) is 6.92 Å². The number of carboxylic acid groups (broad SMARTS) is 1. The number of aromatic carboxylic acids is 1. The van der Waals surface area contributed by atoms with E-state index in [2.05, 4.69) is 5.10 Å². The molecule has 0 aliphatic heterocycles. The molecule has 0 spiro atoms. The van der Waals surface area contributed by atoms with Crippen LogP contribution in [-0.2, 0) is 12.7 Å². The molecule has 0 saturated carbocycles. The molecule has 1 aromatic heterocycles. The second-order valence-corrected chi connectivity index (χ2v) is 4.36. The average Bonchev–Trinajstić information content (AvgIpc) is 2.76. The largest absolute Gasteiger partial charge is 0.477 e. The lowest BCUT2D eigenvalue weighted by molar-refractivity contribution is -0.141. The van der Waals surface area contributed by atoms with E-state index in [-0.39, 0.29) is 6.54 Å². The summed E-state index contributed by atoms with van der Waals surface area (Å²) in [7, 11) is 0. The molecule has 4 nitrogen and oxygen atoms in total. The Kier molecular flexibility index (Phi) is 3.52. The van der Waals surface area contributed by atoms with E-state index in [1.165, 1.54) is 0 Å². The molecule has 1 aromatic carbocycles. The Morgan fingerprint density at radius 2 is 1.90 bits per heavy atom. The minimum absolute atomic E-state index is 0.0298. The van der Waals surface area contributed by atoms with Gasteiger partial charge in [-0.3, -0.25) is 4.68 Å². The highest BCUT2D eigenvalue weighted by Crippen LogP contribution is 2.28. The van der Waals surface area contributed by atoms with Crippen molar-refractivity contribution in [3.8, 4) is 0 Å². The predicted octanol–water partition coefficient (Wildman–Crippen LogP) is 2.96. The van der Waals surface area contributed by atoms with Crippen LogP contribution in [0.2, 0.25) is 0 Å². The van der Waals surface area contributed by atoms with Crippen LogP contribution in [0.4, 0.5) is 13.2 Å². The van der Waals surface area contributed by atoms with Crippen molar-refractivity contribution in [3.63, 3.8) is 0 Å². The number of alkyl halides is 3. The SMILES string of the molecule is Cc1ccc(Cn2nc(C(F)(F)F)cc2C(=O)O)cc1. The van der Waals surface area contributed by atoms with Crippen molar-refractivity contribution in [1.82, 2.24) is 9.78 Å². The topological polar surface area (TPSA) is 55.1 Å². The molecule has 0 atom stereocenters. The van der Waals surface area contributed by atoms with Crippen molar-refractivity contribution in [3.05, 3.63) is 52.8 Å². The van der Waals surface area contributed by atoms with Gasteiger partial charge in [0.05, 0.1) is 6.54 Å². The normalized spacial score (nSPS) is 11.6. The molecule has 20 heavy (non-hydrogen) atoms. The molecule has 0 radical (unpaired) electrons. The molecule has 0 saturated heterocycles. The van der Waals surface area contributed by atoms with Crippen molar-refractivity contribution < 1.29 is 23.1 Å². The Morgan fingerprint density at radius 1 is 1.30 bits per heavy atom. The van der Waals surface area contributed by atoms with Gasteiger partial charge in [0.15, 0.2) is 5.69 Å². The van der Waals surface area contributed by atoms with Crippen molar-refractivity contribution >= 4 is 5.97 Å². The summed E-state index contributed by atoms with van der Waals surface area (Å²) in [5, 5.41) is 12.3. The number of nitrogens with zero attached hydrogens (tertiary/aromatic N) is 2. The second kappa shape index (κ2) is 4.99. The van der Waals surface area contributed by atoms with Crippen LogP contribution in [0.25, 0.3) is 0 Å². The quantitative estimate of drug-likeness (QED) is 0.942. The second-order valence-electron chi connectivity index (χ2n) is 4.36. The number of halogens is 3. The number of hydrogen-bond donors (Lipinski definition) is 1. The van der Waals surface area contributed by atoms with Gasteiger partial charge in [-0.25, -0.2) is 4.79 Å². The first-order chi connectivity index (χ1) is 9.27. The minimum atomic E-state index is -4.66. The van der Waals surface area contributed by atoms with Gasteiger partial charge in [-0.2, -0.15) is 18.3 Å². The first-order valence-corrected chi connectivity index (χ1v) is 5.71. The van der Waals surface area contributed by atoms with Crippen LogP contribution >= 0.6 is 0 Å². The lowest BCUT2D eigenvalue weighted by Crippen LogP contribution is -2.12. The molecule has 106 valence electrons. The first-order valence-electron chi connectivity index (χ1n) is 5.71. The number of rotatable bonds is 3. The van der Waals surface area contributed by atoms with Gasteiger partial charge in [-0.1, -0.05) is 29.8 Å². The zero-order valence-electron chi connectivity index (χ0n) is 10.5. The molecular formula is C13H11F3N2O2. The summed E-state index contributed by atoms with van der Waals surface area (Å²) in [6, 6.07) is 7.57. The molecular weight excluding hydrogens is 273 g/mol. The van der Waals surface area contributed by atoms with Crippen molar-refractivity contribution in [2.45, 2.75) is 19.6 Å². The molecule has 0 bridgehead atoms. The lowest BCUT2D eigenvalue weighted by atomic mass is 10.1. The van der Waals surface area contributed by atoms with E-state index >= 15 is 0 Å². The van der Waals surface area contributed by atoms with Gasteiger partial charge in [0.25, 0.3) is 0 Å². The molecule has 1 heterocycles.